The maximum Gasteiger partial charge on any atom is 0.340 e. The van der Waals surface area contributed by atoms with E-state index in [4.69, 9.17) is 4.74 Å². The van der Waals surface area contributed by atoms with Crippen LogP contribution in [0.1, 0.15) is 21.6 Å². The van der Waals surface area contributed by atoms with Crippen LogP contribution in [-0.4, -0.2) is 20.9 Å². The van der Waals surface area contributed by atoms with Gasteiger partial charge in [0.2, 0.25) is 0 Å². The fraction of sp³-hybridized carbons (Fsp3) is 0.0909. The number of esters is 1. The molecule has 132 valence electrons. The van der Waals surface area contributed by atoms with Crippen molar-refractivity contribution >= 4 is 17.0 Å². The van der Waals surface area contributed by atoms with Crippen LogP contribution in [0.15, 0.2) is 73.1 Å². The van der Waals surface area contributed by atoms with Crippen LogP contribution in [0, 0.1) is 6.92 Å². The second-order valence-corrected chi connectivity index (χ2v) is 6.17. The van der Waals surface area contributed by atoms with Crippen molar-refractivity contribution in [2.24, 2.45) is 0 Å². The molecule has 0 spiro atoms. The second kappa shape index (κ2) is 7.33. The summed E-state index contributed by atoms with van der Waals surface area (Å²) in [7, 11) is 0. The molecule has 0 aliphatic carbocycles. The van der Waals surface area contributed by atoms with E-state index in [9.17, 15) is 4.79 Å². The van der Waals surface area contributed by atoms with E-state index in [-0.39, 0.29) is 6.61 Å². The van der Waals surface area contributed by atoms with Crippen molar-refractivity contribution < 1.29 is 9.53 Å². The number of carbonyl (C=O) groups is 1. The number of nitrogens with zero attached hydrogens (tertiary/aromatic N) is 3. The van der Waals surface area contributed by atoms with E-state index in [0.29, 0.717) is 16.9 Å². The molecule has 5 heteroatoms. The zero-order valence-electron chi connectivity index (χ0n) is 14.8. The Hall–Kier alpha value is -3.60. The zero-order valence-corrected chi connectivity index (χ0v) is 14.8. The van der Waals surface area contributed by atoms with Crippen LogP contribution in [-0.2, 0) is 11.3 Å². The average molecular weight is 355 g/mol. The predicted octanol–water partition coefficient (Wildman–Crippen LogP) is 4.36. The summed E-state index contributed by atoms with van der Waals surface area (Å²) in [6, 6.07) is 19.2. The molecule has 0 aliphatic rings. The summed E-state index contributed by atoms with van der Waals surface area (Å²) in [6.07, 6.45) is 3.41. The molecule has 0 amide bonds. The molecule has 0 N–H and O–H groups in total. The number of pyridine rings is 3. The lowest BCUT2D eigenvalue weighted by Crippen LogP contribution is -2.09. The number of hydrogen-bond donors (Lipinski definition) is 0. The Bertz CT molecular complexity index is 1090. The first-order valence-corrected chi connectivity index (χ1v) is 8.60. The molecule has 0 saturated heterocycles. The van der Waals surface area contributed by atoms with Crippen LogP contribution in [0.2, 0.25) is 0 Å². The summed E-state index contributed by atoms with van der Waals surface area (Å²) < 4.78 is 5.45. The van der Waals surface area contributed by atoms with E-state index in [1.807, 2.05) is 54.6 Å². The van der Waals surface area contributed by atoms with Gasteiger partial charge in [0, 0.05) is 28.9 Å². The van der Waals surface area contributed by atoms with Crippen molar-refractivity contribution in [1.82, 2.24) is 15.0 Å². The third-order valence-electron chi connectivity index (χ3n) is 4.26. The van der Waals surface area contributed by atoms with Gasteiger partial charge in [-0.3, -0.25) is 4.98 Å². The van der Waals surface area contributed by atoms with Crippen LogP contribution < -0.4 is 0 Å². The SMILES string of the molecule is Cc1nc2ncccc2cc1C(=O)OCc1ccc(-c2ccccc2)nc1. The van der Waals surface area contributed by atoms with E-state index in [1.165, 1.54) is 0 Å². The van der Waals surface area contributed by atoms with E-state index >= 15 is 0 Å². The van der Waals surface area contributed by atoms with Gasteiger partial charge in [-0.15, -0.1) is 0 Å². The lowest BCUT2D eigenvalue weighted by atomic mass is 10.1. The van der Waals surface area contributed by atoms with E-state index in [2.05, 4.69) is 15.0 Å². The van der Waals surface area contributed by atoms with Gasteiger partial charge >= 0.3 is 5.97 Å². The van der Waals surface area contributed by atoms with Crippen molar-refractivity contribution in [3.63, 3.8) is 0 Å². The quantitative estimate of drug-likeness (QED) is 0.509. The first kappa shape index (κ1) is 16.8. The summed E-state index contributed by atoms with van der Waals surface area (Å²) in [5.74, 6) is -0.405. The molecule has 3 aromatic heterocycles. The molecule has 0 fully saturated rings. The highest BCUT2D eigenvalue weighted by atomic mass is 16.5. The Morgan fingerprint density at radius 3 is 2.63 bits per heavy atom. The number of aromatic nitrogens is 3. The topological polar surface area (TPSA) is 65.0 Å². The number of aryl methyl sites for hydroxylation is 1. The molecule has 0 radical (unpaired) electrons. The fourth-order valence-electron chi connectivity index (χ4n) is 2.82. The number of fused-ring (bicyclic) bond motifs is 1. The van der Waals surface area contributed by atoms with Crippen molar-refractivity contribution in [1.29, 1.82) is 0 Å². The van der Waals surface area contributed by atoms with Crippen LogP contribution in [0.25, 0.3) is 22.3 Å². The van der Waals surface area contributed by atoms with Gasteiger partial charge in [-0.1, -0.05) is 36.4 Å². The number of hydrogen-bond acceptors (Lipinski definition) is 5. The monoisotopic (exact) mass is 355 g/mol. The van der Waals surface area contributed by atoms with Gasteiger partial charge < -0.3 is 4.74 Å². The van der Waals surface area contributed by atoms with Crippen LogP contribution >= 0.6 is 0 Å². The molecular formula is C22H17N3O2. The number of carbonyl (C=O) groups excluding carboxylic acids is 1. The summed E-state index contributed by atoms with van der Waals surface area (Å²) >= 11 is 0. The molecule has 0 bridgehead atoms. The van der Waals surface area contributed by atoms with Crippen LogP contribution in [0.3, 0.4) is 0 Å². The highest BCUT2D eigenvalue weighted by Gasteiger charge is 2.14. The maximum absolute atomic E-state index is 12.5. The minimum absolute atomic E-state index is 0.158. The molecule has 4 aromatic rings. The third-order valence-corrected chi connectivity index (χ3v) is 4.26. The van der Waals surface area contributed by atoms with Gasteiger partial charge in [-0.2, -0.15) is 0 Å². The maximum atomic E-state index is 12.5. The molecule has 0 unspecified atom stereocenters. The lowest BCUT2D eigenvalue weighted by molar-refractivity contribution is 0.0471. The average Bonchev–Trinajstić information content (AvgIpc) is 2.72. The second-order valence-electron chi connectivity index (χ2n) is 6.17. The third kappa shape index (κ3) is 3.67. The standard InChI is InChI=1S/C22H17N3O2/c1-15-19(12-18-8-5-11-23-21(18)25-15)22(26)27-14-16-9-10-20(24-13-16)17-6-3-2-4-7-17/h2-13H,14H2,1H3. The Morgan fingerprint density at radius 2 is 1.85 bits per heavy atom. The molecule has 3 heterocycles. The highest BCUT2D eigenvalue weighted by molar-refractivity contribution is 5.94. The highest BCUT2D eigenvalue weighted by Crippen LogP contribution is 2.18. The smallest absolute Gasteiger partial charge is 0.340 e. The van der Waals surface area contributed by atoms with E-state index in [0.717, 1.165) is 22.2 Å². The summed E-state index contributed by atoms with van der Waals surface area (Å²) in [5, 5.41) is 0.809. The Labute approximate surface area is 156 Å². The first-order valence-electron chi connectivity index (χ1n) is 8.60. The van der Waals surface area contributed by atoms with Gasteiger partial charge in [0.25, 0.3) is 0 Å². The van der Waals surface area contributed by atoms with E-state index < -0.39 is 5.97 Å². The fourth-order valence-corrected chi connectivity index (χ4v) is 2.82. The summed E-state index contributed by atoms with van der Waals surface area (Å²) in [6.45, 7) is 1.94. The lowest BCUT2D eigenvalue weighted by Gasteiger charge is -2.08. The Kier molecular flexibility index (Phi) is 4.58. The number of ether oxygens (including phenoxy) is 1. The van der Waals surface area contributed by atoms with Crippen molar-refractivity contribution in [3.05, 3.63) is 89.9 Å². The van der Waals surface area contributed by atoms with Crippen molar-refractivity contribution in [3.8, 4) is 11.3 Å². The number of benzene rings is 1. The Balaban J connectivity index is 1.47. The van der Waals surface area contributed by atoms with Crippen LogP contribution in [0.5, 0.6) is 0 Å². The molecular weight excluding hydrogens is 338 g/mol. The number of rotatable bonds is 4. The normalized spacial score (nSPS) is 10.7. The Morgan fingerprint density at radius 1 is 1.00 bits per heavy atom. The van der Waals surface area contributed by atoms with Gasteiger partial charge in [0.15, 0.2) is 5.65 Å². The molecule has 27 heavy (non-hydrogen) atoms. The summed E-state index contributed by atoms with van der Waals surface area (Å²) in [5.41, 5.74) is 4.43. The van der Waals surface area contributed by atoms with E-state index in [1.54, 1.807) is 25.4 Å². The van der Waals surface area contributed by atoms with Gasteiger partial charge in [-0.25, -0.2) is 14.8 Å². The zero-order chi connectivity index (χ0) is 18.6. The predicted molar refractivity (Wildman–Crippen MR) is 103 cm³/mol. The van der Waals surface area contributed by atoms with Gasteiger partial charge in [0.1, 0.15) is 6.61 Å². The van der Waals surface area contributed by atoms with Gasteiger partial charge in [-0.05, 0) is 31.2 Å². The molecule has 0 aliphatic heterocycles. The molecule has 1 aromatic carbocycles. The molecule has 4 rings (SSSR count). The first-order chi connectivity index (χ1) is 13.2. The minimum Gasteiger partial charge on any atom is -0.457 e. The minimum atomic E-state index is -0.405. The molecule has 5 nitrogen and oxygen atoms in total. The van der Waals surface area contributed by atoms with Gasteiger partial charge in [0.05, 0.1) is 17.0 Å². The summed E-state index contributed by atoms with van der Waals surface area (Å²) in [4.78, 5) is 25.5. The van der Waals surface area contributed by atoms with Crippen molar-refractivity contribution in [2.45, 2.75) is 13.5 Å². The van der Waals surface area contributed by atoms with Crippen molar-refractivity contribution in [2.75, 3.05) is 0 Å². The van der Waals surface area contributed by atoms with Crippen LogP contribution in [0.4, 0.5) is 0 Å². The molecule has 0 atom stereocenters. The largest absolute Gasteiger partial charge is 0.457 e. The molecule has 0 saturated carbocycles.